The van der Waals surface area contributed by atoms with Crippen molar-refractivity contribution in [3.63, 3.8) is 0 Å². The zero-order valence-corrected chi connectivity index (χ0v) is 12.9. The fourth-order valence-corrected chi connectivity index (χ4v) is 2.52. The molecular formula is C17H24N2O2. The summed E-state index contributed by atoms with van der Waals surface area (Å²) in [6, 6.07) is 8.20. The van der Waals surface area contributed by atoms with Crippen LogP contribution in [0, 0.1) is 0 Å². The second-order valence-corrected chi connectivity index (χ2v) is 5.03. The number of aromatic nitrogens is 1. The molecule has 0 radical (unpaired) electrons. The third-order valence-corrected chi connectivity index (χ3v) is 3.73. The molecule has 114 valence electrons. The van der Waals surface area contributed by atoms with Crippen LogP contribution in [-0.4, -0.2) is 42.1 Å². The molecule has 1 aromatic heterocycles. The number of hydrogen-bond donors (Lipinski definition) is 1. The Morgan fingerprint density at radius 2 is 2.10 bits per heavy atom. The van der Waals surface area contributed by atoms with E-state index < -0.39 is 0 Å². The first-order valence-electron chi connectivity index (χ1n) is 7.66. The third kappa shape index (κ3) is 4.08. The number of H-pyrrole nitrogens is 1. The molecule has 0 saturated heterocycles. The Labute approximate surface area is 126 Å². The maximum atomic E-state index is 12.3. The fourth-order valence-electron chi connectivity index (χ4n) is 2.52. The molecule has 0 spiro atoms. The standard InChI is InChI=1S/C17H24N2O2/c1-3-19(11-12-21-4-2)17(20)10-9-14-13-18-16-8-6-5-7-15(14)16/h5-8,13,18H,3-4,9-12H2,1-2H3. The van der Waals surface area contributed by atoms with Crippen molar-refractivity contribution in [2.24, 2.45) is 0 Å². The SMILES string of the molecule is CCOCCN(CC)C(=O)CCc1c[nH]c2ccccc12. The number of carbonyl (C=O) groups is 1. The predicted molar refractivity (Wildman–Crippen MR) is 85.4 cm³/mol. The number of para-hydroxylation sites is 1. The van der Waals surface area contributed by atoms with Crippen LogP contribution in [0.2, 0.25) is 0 Å². The Morgan fingerprint density at radius 3 is 2.86 bits per heavy atom. The van der Waals surface area contributed by atoms with E-state index in [1.165, 1.54) is 10.9 Å². The number of likely N-dealkylation sites (N-methyl/N-ethyl adjacent to an activating group) is 1. The smallest absolute Gasteiger partial charge is 0.222 e. The van der Waals surface area contributed by atoms with Crippen LogP contribution in [0.15, 0.2) is 30.5 Å². The molecular weight excluding hydrogens is 264 g/mol. The molecule has 21 heavy (non-hydrogen) atoms. The number of ether oxygens (including phenoxy) is 1. The number of aromatic amines is 1. The maximum Gasteiger partial charge on any atom is 0.222 e. The van der Waals surface area contributed by atoms with E-state index in [4.69, 9.17) is 4.74 Å². The molecule has 0 atom stereocenters. The van der Waals surface area contributed by atoms with Gasteiger partial charge in [0.2, 0.25) is 5.91 Å². The van der Waals surface area contributed by atoms with Crippen molar-refractivity contribution in [1.82, 2.24) is 9.88 Å². The summed E-state index contributed by atoms with van der Waals surface area (Å²) < 4.78 is 5.33. The second-order valence-electron chi connectivity index (χ2n) is 5.03. The van der Waals surface area contributed by atoms with Crippen LogP contribution in [0.5, 0.6) is 0 Å². The van der Waals surface area contributed by atoms with Gasteiger partial charge in [0.15, 0.2) is 0 Å². The summed E-state index contributed by atoms with van der Waals surface area (Å²) in [5.41, 5.74) is 2.34. The molecule has 0 aliphatic heterocycles. The van der Waals surface area contributed by atoms with Crippen molar-refractivity contribution in [3.8, 4) is 0 Å². The van der Waals surface area contributed by atoms with Crippen molar-refractivity contribution in [1.29, 1.82) is 0 Å². The molecule has 1 aromatic carbocycles. The number of aryl methyl sites for hydroxylation is 1. The van der Waals surface area contributed by atoms with E-state index in [0.29, 0.717) is 26.2 Å². The van der Waals surface area contributed by atoms with E-state index >= 15 is 0 Å². The number of rotatable bonds is 8. The van der Waals surface area contributed by atoms with Gasteiger partial charge in [-0.1, -0.05) is 18.2 Å². The zero-order chi connectivity index (χ0) is 15.1. The van der Waals surface area contributed by atoms with Gasteiger partial charge in [-0.15, -0.1) is 0 Å². The zero-order valence-electron chi connectivity index (χ0n) is 12.9. The molecule has 0 saturated carbocycles. The Morgan fingerprint density at radius 1 is 1.29 bits per heavy atom. The molecule has 0 unspecified atom stereocenters. The Balaban J connectivity index is 1.90. The first kappa shape index (κ1) is 15.6. The minimum absolute atomic E-state index is 0.197. The molecule has 1 heterocycles. The van der Waals surface area contributed by atoms with Crippen LogP contribution in [-0.2, 0) is 16.0 Å². The van der Waals surface area contributed by atoms with Gasteiger partial charge in [-0.3, -0.25) is 4.79 Å². The van der Waals surface area contributed by atoms with Crippen LogP contribution in [0.4, 0.5) is 0 Å². The maximum absolute atomic E-state index is 12.3. The Bertz CT molecular complexity index is 577. The molecule has 0 aliphatic rings. The quantitative estimate of drug-likeness (QED) is 0.759. The van der Waals surface area contributed by atoms with Gasteiger partial charge in [0.25, 0.3) is 0 Å². The van der Waals surface area contributed by atoms with Gasteiger partial charge in [0.1, 0.15) is 0 Å². The van der Waals surface area contributed by atoms with E-state index in [9.17, 15) is 4.79 Å². The summed E-state index contributed by atoms with van der Waals surface area (Å²) in [7, 11) is 0. The predicted octanol–water partition coefficient (Wildman–Crippen LogP) is 2.99. The van der Waals surface area contributed by atoms with E-state index in [1.807, 2.05) is 37.1 Å². The third-order valence-electron chi connectivity index (χ3n) is 3.73. The minimum Gasteiger partial charge on any atom is -0.380 e. The molecule has 4 nitrogen and oxygen atoms in total. The first-order chi connectivity index (χ1) is 10.3. The van der Waals surface area contributed by atoms with Crippen LogP contribution in [0.1, 0.15) is 25.8 Å². The molecule has 2 aromatic rings. The van der Waals surface area contributed by atoms with E-state index in [0.717, 1.165) is 18.5 Å². The Kier molecular flexibility index (Phi) is 5.81. The van der Waals surface area contributed by atoms with Crippen molar-refractivity contribution in [2.45, 2.75) is 26.7 Å². The van der Waals surface area contributed by atoms with Crippen LogP contribution < -0.4 is 0 Å². The van der Waals surface area contributed by atoms with Crippen molar-refractivity contribution < 1.29 is 9.53 Å². The summed E-state index contributed by atoms with van der Waals surface area (Å²) in [4.78, 5) is 17.4. The summed E-state index contributed by atoms with van der Waals surface area (Å²) >= 11 is 0. The lowest BCUT2D eigenvalue weighted by Crippen LogP contribution is -2.34. The number of hydrogen-bond acceptors (Lipinski definition) is 2. The normalized spacial score (nSPS) is 11.0. The lowest BCUT2D eigenvalue weighted by molar-refractivity contribution is -0.131. The fraction of sp³-hybridized carbons (Fsp3) is 0.471. The van der Waals surface area contributed by atoms with Gasteiger partial charge in [0.05, 0.1) is 6.61 Å². The lowest BCUT2D eigenvalue weighted by atomic mass is 10.1. The molecule has 0 fully saturated rings. The number of carbonyl (C=O) groups excluding carboxylic acids is 1. The number of nitrogens with zero attached hydrogens (tertiary/aromatic N) is 1. The van der Waals surface area contributed by atoms with Gasteiger partial charge in [-0.25, -0.2) is 0 Å². The summed E-state index contributed by atoms with van der Waals surface area (Å²) in [5.74, 6) is 0.197. The molecule has 1 amide bonds. The Hall–Kier alpha value is -1.81. The summed E-state index contributed by atoms with van der Waals surface area (Å²) in [6.07, 6.45) is 3.32. The van der Waals surface area contributed by atoms with Gasteiger partial charge in [0, 0.05) is 43.2 Å². The van der Waals surface area contributed by atoms with Gasteiger partial charge in [-0.2, -0.15) is 0 Å². The first-order valence-corrected chi connectivity index (χ1v) is 7.66. The van der Waals surface area contributed by atoms with Crippen molar-refractivity contribution in [2.75, 3.05) is 26.3 Å². The minimum atomic E-state index is 0.197. The summed E-state index contributed by atoms with van der Waals surface area (Å²) in [5, 5.41) is 1.21. The molecule has 2 rings (SSSR count). The van der Waals surface area contributed by atoms with Crippen molar-refractivity contribution in [3.05, 3.63) is 36.0 Å². The lowest BCUT2D eigenvalue weighted by Gasteiger charge is -2.20. The second kappa shape index (κ2) is 7.84. The highest BCUT2D eigenvalue weighted by molar-refractivity contribution is 5.84. The van der Waals surface area contributed by atoms with Gasteiger partial charge in [-0.05, 0) is 31.9 Å². The van der Waals surface area contributed by atoms with Crippen LogP contribution >= 0.6 is 0 Å². The topological polar surface area (TPSA) is 45.3 Å². The molecule has 0 aliphatic carbocycles. The number of fused-ring (bicyclic) bond motifs is 1. The highest BCUT2D eigenvalue weighted by Crippen LogP contribution is 2.19. The highest BCUT2D eigenvalue weighted by Gasteiger charge is 2.12. The van der Waals surface area contributed by atoms with Crippen molar-refractivity contribution >= 4 is 16.8 Å². The highest BCUT2D eigenvalue weighted by atomic mass is 16.5. The monoisotopic (exact) mass is 288 g/mol. The van der Waals surface area contributed by atoms with Gasteiger partial charge < -0.3 is 14.6 Å². The summed E-state index contributed by atoms with van der Waals surface area (Å²) in [6.45, 7) is 6.70. The largest absolute Gasteiger partial charge is 0.380 e. The van der Waals surface area contributed by atoms with E-state index in [1.54, 1.807) is 0 Å². The van der Waals surface area contributed by atoms with Crippen LogP contribution in [0.25, 0.3) is 10.9 Å². The van der Waals surface area contributed by atoms with E-state index in [2.05, 4.69) is 17.1 Å². The van der Waals surface area contributed by atoms with Gasteiger partial charge >= 0.3 is 0 Å². The number of amides is 1. The number of benzene rings is 1. The molecule has 1 N–H and O–H groups in total. The average molecular weight is 288 g/mol. The molecule has 0 bridgehead atoms. The molecule has 4 heteroatoms. The van der Waals surface area contributed by atoms with E-state index in [-0.39, 0.29) is 5.91 Å². The van der Waals surface area contributed by atoms with Crippen LogP contribution in [0.3, 0.4) is 0 Å². The average Bonchev–Trinajstić information content (AvgIpc) is 2.92. The number of nitrogens with one attached hydrogen (secondary N) is 1.